The van der Waals surface area contributed by atoms with E-state index in [1.54, 1.807) is 14.2 Å². The Labute approximate surface area is 204 Å². The molecule has 0 unspecified atom stereocenters. The first-order valence-corrected chi connectivity index (χ1v) is 12.0. The highest BCUT2D eigenvalue weighted by Gasteiger charge is 2.24. The van der Waals surface area contributed by atoms with Gasteiger partial charge in [0.25, 0.3) is 0 Å². The Kier molecular flexibility index (Phi) is 6.69. The fourth-order valence-corrected chi connectivity index (χ4v) is 4.71. The summed E-state index contributed by atoms with van der Waals surface area (Å²) in [5.41, 5.74) is 0.799. The smallest absolute Gasteiger partial charge is 0.228 e. The van der Waals surface area contributed by atoms with E-state index in [4.69, 9.17) is 19.4 Å². The number of carbonyl (C=O) groups excluding carboxylic acids is 1. The Morgan fingerprint density at radius 3 is 2.31 bits per heavy atom. The van der Waals surface area contributed by atoms with E-state index in [0.717, 1.165) is 81.1 Å². The fraction of sp³-hybridized carbons (Fsp3) is 0.440. The molecule has 0 radical (unpaired) electrons. The highest BCUT2D eigenvalue weighted by Crippen LogP contribution is 2.35. The number of benzene rings is 1. The maximum atomic E-state index is 11.1. The van der Waals surface area contributed by atoms with E-state index in [2.05, 4.69) is 20.1 Å². The van der Waals surface area contributed by atoms with Crippen LogP contribution in [0.5, 0.6) is 11.5 Å². The first kappa shape index (κ1) is 22.9. The lowest BCUT2D eigenvalue weighted by Crippen LogP contribution is -2.47. The van der Waals surface area contributed by atoms with Crippen molar-refractivity contribution in [2.45, 2.75) is 18.9 Å². The number of hydrogen-bond acceptors (Lipinski definition) is 9. The van der Waals surface area contributed by atoms with E-state index < -0.39 is 0 Å². The maximum absolute atomic E-state index is 11.1. The summed E-state index contributed by atoms with van der Waals surface area (Å²) < 4.78 is 11.1. The van der Waals surface area contributed by atoms with Gasteiger partial charge in [-0.25, -0.2) is 9.97 Å². The largest absolute Gasteiger partial charge is 0.493 e. The van der Waals surface area contributed by atoms with Gasteiger partial charge in [-0.1, -0.05) is 6.07 Å². The number of fused-ring (bicyclic) bond motifs is 1. The van der Waals surface area contributed by atoms with Crippen molar-refractivity contribution in [1.82, 2.24) is 19.9 Å². The number of hydrogen-bond donors (Lipinski definition) is 1. The van der Waals surface area contributed by atoms with Crippen LogP contribution in [0.2, 0.25) is 0 Å². The SMILES string of the molecule is COc1cc2nc(N3CCN(c4ccccn4)CC3)nc(NC3CCN(C=O)CC3)c2cc1OC. The molecule has 5 rings (SSSR count). The molecule has 1 amide bonds. The second-order valence-corrected chi connectivity index (χ2v) is 8.82. The Morgan fingerprint density at radius 2 is 1.66 bits per heavy atom. The van der Waals surface area contributed by atoms with Gasteiger partial charge in [0.05, 0.1) is 19.7 Å². The van der Waals surface area contributed by atoms with Crippen molar-refractivity contribution in [2.24, 2.45) is 0 Å². The van der Waals surface area contributed by atoms with Crippen LogP contribution in [0.1, 0.15) is 12.8 Å². The number of methoxy groups -OCH3 is 2. The Bertz CT molecular complexity index is 1160. The zero-order valence-corrected chi connectivity index (χ0v) is 20.2. The first-order valence-electron chi connectivity index (χ1n) is 12.0. The van der Waals surface area contributed by atoms with Gasteiger partial charge in [-0.05, 0) is 31.0 Å². The van der Waals surface area contributed by atoms with Crippen LogP contribution < -0.4 is 24.6 Å². The van der Waals surface area contributed by atoms with Crippen LogP contribution in [-0.2, 0) is 4.79 Å². The van der Waals surface area contributed by atoms with Crippen molar-refractivity contribution < 1.29 is 14.3 Å². The summed E-state index contributed by atoms with van der Waals surface area (Å²) in [5.74, 6) is 3.74. The molecular weight excluding hydrogens is 446 g/mol. The van der Waals surface area contributed by atoms with E-state index in [-0.39, 0.29) is 6.04 Å². The minimum Gasteiger partial charge on any atom is -0.493 e. The molecule has 2 aliphatic rings. The summed E-state index contributed by atoms with van der Waals surface area (Å²) in [6, 6.07) is 10.1. The normalized spacial score (nSPS) is 16.9. The summed E-state index contributed by atoms with van der Waals surface area (Å²) >= 11 is 0. The van der Waals surface area contributed by atoms with Crippen molar-refractivity contribution in [3.8, 4) is 11.5 Å². The van der Waals surface area contributed by atoms with Crippen LogP contribution in [-0.4, -0.2) is 85.8 Å². The van der Waals surface area contributed by atoms with E-state index in [1.807, 2.05) is 41.4 Å². The van der Waals surface area contributed by atoms with Crippen LogP contribution in [0.4, 0.5) is 17.6 Å². The first-order chi connectivity index (χ1) is 17.2. The van der Waals surface area contributed by atoms with Gasteiger partial charge in [0.2, 0.25) is 12.4 Å². The van der Waals surface area contributed by atoms with Gasteiger partial charge in [0.15, 0.2) is 11.5 Å². The van der Waals surface area contributed by atoms with Crippen LogP contribution in [0.3, 0.4) is 0 Å². The third-order valence-electron chi connectivity index (χ3n) is 6.74. The van der Waals surface area contributed by atoms with Crippen molar-refractivity contribution in [1.29, 1.82) is 0 Å². The van der Waals surface area contributed by atoms with Crippen molar-refractivity contribution in [2.75, 3.05) is 68.6 Å². The molecule has 2 saturated heterocycles. The number of nitrogens with one attached hydrogen (secondary N) is 1. The zero-order chi connectivity index (χ0) is 24.2. The third-order valence-corrected chi connectivity index (χ3v) is 6.74. The van der Waals surface area contributed by atoms with Crippen LogP contribution in [0, 0.1) is 0 Å². The predicted octanol–water partition coefficient (Wildman–Crippen LogP) is 2.40. The van der Waals surface area contributed by atoms with Gasteiger partial charge in [-0.2, -0.15) is 4.98 Å². The van der Waals surface area contributed by atoms with E-state index in [0.29, 0.717) is 17.4 Å². The summed E-state index contributed by atoms with van der Waals surface area (Å²) in [7, 11) is 3.25. The van der Waals surface area contributed by atoms with Crippen LogP contribution in [0.25, 0.3) is 10.9 Å². The molecule has 2 fully saturated rings. The third kappa shape index (κ3) is 4.87. The molecule has 10 heteroatoms. The maximum Gasteiger partial charge on any atom is 0.228 e. The number of ether oxygens (including phenoxy) is 2. The fourth-order valence-electron chi connectivity index (χ4n) is 4.71. The molecular formula is C25H31N7O3. The molecule has 3 aromatic rings. The van der Waals surface area contributed by atoms with Gasteiger partial charge < -0.3 is 29.5 Å². The number of piperazine rings is 1. The van der Waals surface area contributed by atoms with E-state index >= 15 is 0 Å². The molecule has 35 heavy (non-hydrogen) atoms. The zero-order valence-electron chi connectivity index (χ0n) is 20.2. The molecule has 0 aliphatic carbocycles. The average Bonchev–Trinajstić information content (AvgIpc) is 2.93. The molecule has 2 aromatic heterocycles. The minimum absolute atomic E-state index is 0.228. The number of anilines is 3. The topological polar surface area (TPSA) is 96.0 Å². The molecule has 1 aromatic carbocycles. The Morgan fingerprint density at radius 1 is 0.943 bits per heavy atom. The number of nitrogens with zero attached hydrogens (tertiary/aromatic N) is 6. The van der Waals surface area contributed by atoms with Crippen molar-refractivity contribution in [3.63, 3.8) is 0 Å². The second kappa shape index (κ2) is 10.2. The summed E-state index contributed by atoms with van der Waals surface area (Å²) in [6.45, 7) is 4.76. The number of carbonyl (C=O) groups is 1. The molecule has 0 spiro atoms. The quantitative estimate of drug-likeness (QED) is 0.515. The van der Waals surface area contributed by atoms with Crippen molar-refractivity contribution >= 4 is 34.9 Å². The predicted molar refractivity (Wildman–Crippen MR) is 136 cm³/mol. The lowest BCUT2D eigenvalue weighted by molar-refractivity contribution is -0.118. The number of likely N-dealkylation sites (tertiary alicyclic amines) is 1. The van der Waals surface area contributed by atoms with Crippen molar-refractivity contribution in [3.05, 3.63) is 36.5 Å². The molecule has 10 nitrogen and oxygen atoms in total. The number of piperidine rings is 1. The lowest BCUT2D eigenvalue weighted by Gasteiger charge is -2.36. The van der Waals surface area contributed by atoms with Gasteiger partial charge in [0, 0.05) is 63.0 Å². The van der Waals surface area contributed by atoms with Crippen LogP contribution in [0.15, 0.2) is 36.5 Å². The molecule has 184 valence electrons. The number of amides is 1. The molecule has 1 N–H and O–H groups in total. The van der Waals surface area contributed by atoms with Gasteiger partial charge in [-0.3, -0.25) is 4.79 Å². The molecule has 4 heterocycles. The molecule has 0 atom stereocenters. The summed E-state index contributed by atoms with van der Waals surface area (Å²) in [6.07, 6.45) is 4.49. The number of pyridine rings is 1. The number of rotatable bonds is 7. The molecule has 0 saturated carbocycles. The van der Waals surface area contributed by atoms with Gasteiger partial charge in [0.1, 0.15) is 11.6 Å². The van der Waals surface area contributed by atoms with Gasteiger partial charge >= 0.3 is 0 Å². The van der Waals surface area contributed by atoms with E-state index in [9.17, 15) is 4.79 Å². The second-order valence-electron chi connectivity index (χ2n) is 8.82. The standard InChI is InChI=1S/C25H31N7O3/c1-34-21-15-19-20(16-22(21)35-2)28-25(29-24(19)27-18-6-9-30(17-33)10-7-18)32-13-11-31(12-14-32)23-5-3-4-8-26-23/h3-5,8,15-18H,6-7,9-14H2,1-2H3,(H,27,28,29). The Hall–Kier alpha value is -3.82. The van der Waals surface area contributed by atoms with E-state index in [1.165, 1.54) is 0 Å². The summed E-state index contributed by atoms with van der Waals surface area (Å²) in [5, 5.41) is 4.52. The highest BCUT2D eigenvalue weighted by atomic mass is 16.5. The lowest BCUT2D eigenvalue weighted by atomic mass is 10.1. The Balaban J connectivity index is 1.43. The average molecular weight is 478 g/mol. The molecule has 2 aliphatic heterocycles. The minimum atomic E-state index is 0.228. The monoisotopic (exact) mass is 477 g/mol. The van der Waals surface area contributed by atoms with Crippen LogP contribution >= 0.6 is 0 Å². The van der Waals surface area contributed by atoms with Gasteiger partial charge in [-0.15, -0.1) is 0 Å². The summed E-state index contributed by atoms with van der Waals surface area (Å²) in [4.78, 5) is 31.8. The molecule has 0 bridgehead atoms. The number of aromatic nitrogens is 3. The highest BCUT2D eigenvalue weighted by molar-refractivity contribution is 5.93.